The third-order valence-electron chi connectivity index (χ3n) is 3.20. The van der Waals surface area contributed by atoms with Crippen LogP contribution in [0.2, 0.25) is 0 Å². The molecule has 1 aliphatic rings. The Hall–Kier alpha value is -0.980. The second-order valence-electron chi connectivity index (χ2n) is 4.50. The van der Waals surface area contributed by atoms with Gasteiger partial charge in [0.05, 0.1) is 11.1 Å². The number of rotatable bonds is 5. The third kappa shape index (κ3) is 3.28. The standard InChI is InChI=1S/C12H19N3O2S/c1-8-9(3-5-17-8)6-14-12(16)10-7-18-11(15-10)2-4-13/h7-9H,2-6,13H2,1H3,(H,14,16). The van der Waals surface area contributed by atoms with Crippen molar-refractivity contribution in [2.24, 2.45) is 11.7 Å². The number of amides is 1. The lowest BCUT2D eigenvalue weighted by Gasteiger charge is -2.13. The van der Waals surface area contributed by atoms with Gasteiger partial charge in [0.25, 0.3) is 5.91 Å². The number of ether oxygens (including phenoxy) is 1. The molecule has 6 heteroatoms. The Morgan fingerprint density at radius 3 is 3.22 bits per heavy atom. The summed E-state index contributed by atoms with van der Waals surface area (Å²) in [6, 6.07) is 0. The molecule has 1 amide bonds. The van der Waals surface area contributed by atoms with Crippen LogP contribution in [0.3, 0.4) is 0 Å². The number of aromatic nitrogens is 1. The van der Waals surface area contributed by atoms with Crippen molar-refractivity contribution in [3.63, 3.8) is 0 Å². The van der Waals surface area contributed by atoms with Crippen LogP contribution in [0, 0.1) is 5.92 Å². The van der Waals surface area contributed by atoms with Crippen molar-refractivity contribution in [2.75, 3.05) is 19.7 Å². The highest BCUT2D eigenvalue weighted by molar-refractivity contribution is 7.09. The van der Waals surface area contributed by atoms with Gasteiger partial charge in [-0.25, -0.2) is 4.98 Å². The fourth-order valence-corrected chi connectivity index (χ4v) is 2.81. The second kappa shape index (κ2) is 6.26. The Morgan fingerprint density at radius 1 is 1.72 bits per heavy atom. The zero-order valence-corrected chi connectivity index (χ0v) is 11.3. The molecule has 1 saturated heterocycles. The maximum atomic E-state index is 11.9. The molecule has 3 N–H and O–H groups in total. The number of nitrogens with zero attached hydrogens (tertiary/aromatic N) is 1. The molecule has 5 nitrogen and oxygen atoms in total. The Labute approximate surface area is 111 Å². The van der Waals surface area contributed by atoms with E-state index in [0.29, 0.717) is 24.7 Å². The van der Waals surface area contributed by atoms with Gasteiger partial charge in [0.15, 0.2) is 0 Å². The first-order valence-electron chi connectivity index (χ1n) is 6.25. The van der Waals surface area contributed by atoms with Crippen molar-refractivity contribution >= 4 is 17.2 Å². The van der Waals surface area contributed by atoms with E-state index in [9.17, 15) is 4.79 Å². The lowest BCUT2D eigenvalue weighted by Crippen LogP contribution is -2.32. The maximum absolute atomic E-state index is 11.9. The van der Waals surface area contributed by atoms with E-state index >= 15 is 0 Å². The molecular formula is C12H19N3O2S. The first-order valence-corrected chi connectivity index (χ1v) is 7.13. The van der Waals surface area contributed by atoms with Gasteiger partial charge in [-0.1, -0.05) is 0 Å². The molecule has 2 unspecified atom stereocenters. The fraction of sp³-hybridized carbons (Fsp3) is 0.667. The van der Waals surface area contributed by atoms with E-state index in [1.165, 1.54) is 11.3 Å². The fourth-order valence-electron chi connectivity index (χ4n) is 2.01. The first kappa shape index (κ1) is 13.5. The molecule has 1 aromatic heterocycles. The molecule has 1 aliphatic heterocycles. The minimum absolute atomic E-state index is 0.103. The van der Waals surface area contributed by atoms with Gasteiger partial charge in [0.2, 0.25) is 0 Å². The van der Waals surface area contributed by atoms with Crippen LogP contribution in [0.5, 0.6) is 0 Å². The van der Waals surface area contributed by atoms with E-state index in [0.717, 1.165) is 24.5 Å². The predicted octanol–water partition coefficient (Wildman–Crippen LogP) is 0.799. The van der Waals surface area contributed by atoms with E-state index in [2.05, 4.69) is 10.3 Å². The zero-order chi connectivity index (χ0) is 13.0. The van der Waals surface area contributed by atoms with Crippen LogP contribution in [0.1, 0.15) is 28.8 Å². The summed E-state index contributed by atoms with van der Waals surface area (Å²) in [5.74, 6) is 0.310. The van der Waals surface area contributed by atoms with Gasteiger partial charge in [-0.3, -0.25) is 4.79 Å². The Morgan fingerprint density at radius 2 is 2.56 bits per heavy atom. The highest BCUT2D eigenvalue weighted by Crippen LogP contribution is 2.19. The van der Waals surface area contributed by atoms with Crippen LogP contribution >= 0.6 is 11.3 Å². The van der Waals surface area contributed by atoms with Crippen molar-refractivity contribution in [1.82, 2.24) is 10.3 Å². The molecule has 0 aromatic carbocycles. The summed E-state index contributed by atoms with van der Waals surface area (Å²) in [4.78, 5) is 16.1. The predicted molar refractivity (Wildman–Crippen MR) is 70.7 cm³/mol. The smallest absolute Gasteiger partial charge is 0.270 e. The molecular weight excluding hydrogens is 250 g/mol. The molecule has 0 spiro atoms. The van der Waals surface area contributed by atoms with Crippen molar-refractivity contribution in [3.8, 4) is 0 Å². The minimum atomic E-state index is -0.103. The molecule has 100 valence electrons. The van der Waals surface area contributed by atoms with E-state index in [1.54, 1.807) is 5.38 Å². The maximum Gasteiger partial charge on any atom is 0.270 e. The summed E-state index contributed by atoms with van der Waals surface area (Å²) < 4.78 is 5.46. The van der Waals surface area contributed by atoms with Crippen LogP contribution in [-0.4, -0.2) is 36.7 Å². The topological polar surface area (TPSA) is 77.2 Å². The average molecular weight is 269 g/mol. The minimum Gasteiger partial charge on any atom is -0.378 e. The van der Waals surface area contributed by atoms with Gasteiger partial charge in [0, 0.05) is 30.9 Å². The number of hydrogen-bond acceptors (Lipinski definition) is 5. The Balaban J connectivity index is 1.83. The van der Waals surface area contributed by atoms with Crippen LogP contribution in [0.4, 0.5) is 0 Å². The molecule has 2 heterocycles. The molecule has 18 heavy (non-hydrogen) atoms. The second-order valence-corrected chi connectivity index (χ2v) is 5.44. The van der Waals surface area contributed by atoms with Crippen LogP contribution < -0.4 is 11.1 Å². The molecule has 0 saturated carbocycles. The summed E-state index contributed by atoms with van der Waals surface area (Å²) in [6.45, 7) is 4.06. The van der Waals surface area contributed by atoms with Crippen molar-refractivity contribution in [2.45, 2.75) is 25.9 Å². The number of carbonyl (C=O) groups is 1. The lowest BCUT2D eigenvalue weighted by molar-refractivity contribution is 0.0903. The Bertz CT molecular complexity index is 408. The summed E-state index contributed by atoms with van der Waals surface area (Å²) >= 11 is 1.48. The van der Waals surface area contributed by atoms with Crippen molar-refractivity contribution in [1.29, 1.82) is 0 Å². The summed E-state index contributed by atoms with van der Waals surface area (Å²) in [5.41, 5.74) is 5.95. The first-order chi connectivity index (χ1) is 8.70. The van der Waals surface area contributed by atoms with Crippen LogP contribution in [-0.2, 0) is 11.2 Å². The molecule has 0 aliphatic carbocycles. The molecule has 0 radical (unpaired) electrons. The normalized spacial score (nSPS) is 23.2. The monoisotopic (exact) mass is 269 g/mol. The number of carbonyl (C=O) groups excluding carboxylic acids is 1. The number of hydrogen-bond donors (Lipinski definition) is 2. The van der Waals surface area contributed by atoms with Gasteiger partial charge >= 0.3 is 0 Å². The Kier molecular flexibility index (Phi) is 4.68. The number of thiazole rings is 1. The van der Waals surface area contributed by atoms with E-state index in [4.69, 9.17) is 10.5 Å². The lowest BCUT2D eigenvalue weighted by atomic mass is 10.0. The molecule has 0 bridgehead atoms. The van der Waals surface area contributed by atoms with Crippen LogP contribution in [0.25, 0.3) is 0 Å². The van der Waals surface area contributed by atoms with Gasteiger partial charge in [0.1, 0.15) is 5.69 Å². The van der Waals surface area contributed by atoms with E-state index in [1.807, 2.05) is 6.92 Å². The van der Waals surface area contributed by atoms with E-state index in [-0.39, 0.29) is 12.0 Å². The summed E-state index contributed by atoms with van der Waals surface area (Å²) in [5, 5.41) is 5.62. The molecule has 2 atom stereocenters. The molecule has 1 aromatic rings. The highest BCUT2D eigenvalue weighted by atomic mass is 32.1. The zero-order valence-electron chi connectivity index (χ0n) is 10.5. The molecule has 2 rings (SSSR count). The van der Waals surface area contributed by atoms with Gasteiger partial charge < -0.3 is 15.8 Å². The van der Waals surface area contributed by atoms with Gasteiger partial charge in [-0.15, -0.1) is 11.3 Å². The summed E-state index contributed by atoms with van der Waals surface area (Å²) in [7, 11) is 0. The quantitative estimate of drug-likeness (QED) is 0.829. The SMILES string of the molecule is CC1OCCC1CNC(=O)c1csc(CCN)n1. The third-order valence-corrected chi connectivity index (χ3v) is 4.11. The number of nitrogens with two attached hydrogens (primary N) is 1. The van der Waals surface area contributed by atoms with Gasteiger partial charge in [-0.05, 0) is 19.9 Å². The largest absolute Gasteiger partial charge is 0.378 e. The van der Waals surface area contributed by atoms with Crippen LogP contribution in [0.15, 0.2) is 5.38 Å². The summed E-state index contributed by atoms with van der Waals surface area (Å²) in [6.07, 6.45) is 1.97. The van der Waals surface area contributed by atoms with E-state index < -0.39 is 0 Å². The van der Waals surface area contributed by atoms with Crippen molar-refractivity contribution in [3.05, 3.63) is 16.1 Å². The van der Waals surface area contributed by atoms with Crippen molar-refractivity contribution < 1.29 is 9.53 Å². The average Bonchev–Trinajstić information content (AvgIpc) is 2.96. The highest BCUT2D eigenvalue weighted by Gasteiger charge is 2.24. The number of nitrogens with one attached hydrogen (secondary N) is 1. The van der Waals surface area contributed by atoms with Gasteiger partial charge in [-0.2, -0.15) is 0 Å². The molecule has 1 fully saturated rings.